The molecular formula is C16H31NO2S. The van der Waals surface area contributed by atoms with Crippen molar-refractivity contribution in [3.8, 4) is 0 Å². The van der Waals surface area contributed by atoms with E-state index >= 15 is 0 Å². The lowest BCUT2D eigenvalue weighted by Gasteiger charge is -2.30. The number of hydrogen-bond acceptors (Lipinski definition) is 4. The fourth-order valence-corrected chi connectivity index (χ4v) is 3.90. The van der Waals surface area contributed by atoms with Gasteiger partial charge in [-0.1, -0.05) is 26.2 Å². The molecule has 0 aromatic heterocycles. The van der Waals surface area contributed by atoms with Crippen molar-refractivity contribution in [3.63, 3.8) is 0 Å². The highest BCUT2D eigenvalue weighted by atomic mass is 32.2. The molecule has 0 aromatic carbocycles. The van der Waals surface area contributed by atoms with Gasteiger partial charge in [-0.05, 0) is 39.3 Å². The lowest BCUT2D eigenvalue weighted by molar-refractivity contribution is -0.142. The van der Waals surface area contributed by atoms with Crippen LogP contribution in [0.3, 0.4) is 0 Å². The second kappa shape index (κ2) is 11.4. The Labute approximate surface area is 128 Å². The number of esters is 1. The molecule has 0 amide bonds. The summed E-state index contributed by atoms with van der Waals surface area (Å²) in [6.07, 6.45) is 8.50. The van der Waals surface area contributed by atoms with Crippen molar-refractivity contribution >= 4 is 17.7 Å². The van der Waals surface area contributed by atoms with E-state index in [1.807, 2.05) is 18.7 Å². The van der Waals surface area contributed by atoms with Crippen molar-refractivity contribution in [2.24, 2.45) is 0 Å². The first-order valence-electron chi connectivity index (χ1n) is 8.25. The molecule has 0 saturated carbocycles. The molecule has 20 heavy (non-hydrogen) atoms. The van der Waals surface area contributed by atoms with E-state index < -0.39 is 0 Å². The van der Waals surface area contributed by atoms with Gasteiger partial charge >= 0.3 is 5.97 Å². The van der Waals surface area contributed by atoms with Crippen molar-refractivity contribution in [2.45, 2.75) is 64.0 Å². The van der Waals surface area contributed by atoms with Crippen LogP contribution in [-0.4, -0.2) is 48.1 Å². The van der Waals surface area contributed by atoms with Crippen molar-refractivity contribution in [3.05, 3.63) is 0 Å². The predicted octanol–water partition coefficient (Wildman–Crippen LogP) is 3.72. The molecule has 0 N–H and O–H groups in total. The summed E-state index contributed by atoms with van der Waals surface area (Å²) in [6, 6.07) is 0. The van der Waals surface area contributed by atoms with E-state index in [0.717, 1.165) is 5.75 Å². The van der Waals surface area contributed by atoms with Crippen molar-refractivity contribution in [1.82, 2.24) is 4.90 Å². The van der Waals surface area contributed by atoms with E-state index in [1.165, 1.54) is 58.2 Å². The number of piperidine rings is 1. The SMILES string of the molecule is CCCCC(CN1CCCCC1)SCCC(=O)OCC. The molecular weight excluding hydrogens is 270 g/mol. The van der Waals surface area contributed by atoms with Crippen LogP contribution in [-0.2, 0) is 9.53 Å². The van der Waals surface area contributed by atoms with E-state index in [4.69, 9.17) is 4.74 Å². The van der Waals surface area contributed by atoms with Crippen LogP contribution in [0.1, 0.15) is 58.8 Å². The van der Waals surface area contributed by atoms with Crippen molar-refractivity contribution < 1.29 is 9.53 Å². The summed E-state index contributed by atoms with van der Waals surface area (Å²) >= 11 is 1.97. The van der Waals surface area contributed by atoms with Gasteiger partial charge in [0.05, 0.1) is 13.0 Å². The van der Waals surface area contributed by atoms with Crippen LogP contribution in [0.15, 0.2) is 0 Å². The zero-order valence-corrected chi connectivity index (χ0v) is 14.1. The summed E-state index contributed by atoms with van der Waals surface area (Å²) in [7, 11) is 0. The van der Waals surface area contributed by atoms with Gasteiger partial charge in [-0.15, -0.1) is 0 Å². The number of ether oxygens (including phenoxy) is 1. The molecule has 1 rings (SSSR count). The van der Waals surface area contributed by atoms with Crippen LogP contribution in [0.2, 0.25) is 0 Å². The van der Waals surface area contributed by atoms with E-state index in [-0.39, 0.29) is 5.97 Å². The van der Waals surface area contributed by atoms with E-state index in [2.05, 4.69) is 11.8 Å². The minimum absolute atomic E-state index is 0.0489. The summed E-state index contributed by atoms with van der Waals surface area (Å²) in [5.41, 5.74) is 0. The first-order chi connectivity index (χ1) is 9.76. The third kappa shape index (κ3) is 8.15. The molecule has 1 saturated heterocycles. The average molecular weight is 301 g/mol. The Kier molecular flexibility index (Phi) is 10.2. The monoisotopic (exact) mass is 301 g/mol. The van der Waals surface area contributed by atoms with Gasteiger partial charge in [-0.3, -0.25) is 4.79 Å². The Bertz CT molecular complexity index is 255. The molecule has 1 atom stereocenters. The van der Waals surface area contributed by atoms with E-state index in [9.17, 15) is 4.79 Å². The number of nitrogens with zero attached hydrogens (tertiary/aromatic N) is 1. The van der Waals surface area contributed by atoms with Gasteiger partial charge < -0.3 is 9.64 Å². The molecule has 1 aliphatic heterocycles. The summed E-state index contributed by atoms with van der Waals surface area (Å²) in [5, 5.41) is 0.683. The summed E-state index contributed by atoms with van der Waals surface area (Å²) in [4.78, 5) is 14.0. The molecule has 3 nitrogen and oxygen atoms in total. The lowest BCUT2D eigenvalue weighted by atomic mass is 10.1. The first-order valence-corrected chi connectivity index (χ1v) is 9.30. The van der Waals surface area contributed by atoms with Gasteiger partial charge in [0.2, 0.25) is 0 Å². The maximum Gasteiger partial charge on any atom is 0.306 e. The van der Waals surface area contributed by atoms with Crippen LogP contribution in [0.4, 0.5) is 0 Å². The topological polar surface area (TPSA) is 29.5 Å². The van der Waals surface area contributed by atoms with Gasteiger partial charge in [0.1, 0.15) is 0 Å². The van der Waals surface area contributed by atoms with Gasteiger partial charge in [-0.2, -0.15) is 11.8 Å². The molecule has 0 radical (unpaired) electrons. The lowest BCUT2D eigenvalue weighted by Crippen LogP contribution is -2.35. The Morgan fingerprint density at radius 3 is 2.65 bits per heavy atom. The van der Waals surface area contributed by atoms with Gasteiger partial charge in [0.25, 0.3) is 0 Å². The normalized spacial score (nSPS) is 17.9. The third-order valence-corrected chi connectivity index (χ3v) is 5.05. The molecule has 118 valence electrons. The van der Waals surface area contributed by atoms with Gasteiger partial charge in [0.15, 0.2) is 0 Å². The first kappa shape index (κ1) is 17.8. The van der Waals surface area contributed by atoms with Crippen molar-refractivity contribution in [1.29, 1.82) is 0 Å². The second-order valence-corrected chi connectivity index (χ2v) is 6.96. The highest BCUT2D eigenvalue weighted by Crippen LogP contribution is 2.21. The van der Waals surface area contributed by atoms with E-state index in [0.29, 0.717) is 18.3 Å². The number of carbonyl (C=O) groups is 1. The average Bonchev–Trinajstić information content (AvgIpc) is 2.46. The largest absolute Gasteiger partial charge is 0.466 e. The smallest absolute Gasteiger partial charge is 0.306 e. The molecule has 0 aliphatic carbocycles. The Hall–Kier alpha value is -0.220. The standard InChI is InChI=1S/C16H31NO2S/c1-3-5-9-15(14-17-11-7-6-8-12-17)20-13-10-16(18)19-4-2/h15H,3-14H2,1-2H3. The fraction of sp³-hybridized carbons (Fsp3) is 0.938. The van der Waals surface area contributed by atoms with Crippen LogP contribution in [0.5, 0.6) is 0 Å². The van der Waals surface area contributed by atoms with Gasteiger partial charge in [-0.25, -0.2) is 0 Å². The second-order valence-electron chi connectivity index (χ2n) is 5.55. The fourth-order valence-electron chi connectivity index (χ4n) is 2.63. The molecule has 4 heteroatoms. The minimum Gasteiger partial charge on any atom is -0.466 e. The van der Waals surface area contributed by atoms with Crippen LogP contribution >= 0.6 is 11.8 Å². The molecule has 0 aromatic rings. The Morgan fingerprint density at radius 1 is 1.25 bits per heavy atom. The van der Waals surface area contributed by atoms with E-state index in [1.54, 1.807) is 0 Å². The summed E-state index contributed by atoms with van der Waals surface area (Å²) in [6.45, 7) is 8.35. The highest BCUT2D eigenvalue weighted by Gasteiger charge is 2.17. The summed E-state index contributed by atoms with van der Waals surface area (Å²) in [5.74, 6) is 0.855. The number of carbonyl (C=O) groups excluding carboxylic acids is 1. The van der Waals surface area contributed by atoms with Gasteiger partial charge in [0, 0.05) is 17.5 Å². The molecule has 1 fully saturated rings. The summed E-state index contributed by atoms with van der Waals surface area (Å²) < 4.78 is 4.99. The Morgan fingerprint density at radius 2 is 2.00 bits per heavy atom. The maximum absolute atomic E-state index is 11.4. The molecule has 1 aliphatic rings. The zero-order chi connectivity index (χ0) is 14.6. The molecule has 0 bridgehead atoms. The number of thioether (sulfide) groups is 1. The Balaban J connectivity index is 2.25. The number of rotatable bonds is 10. The quantitative estimate of drug-likeness (QED) is 0.575. The molecule has 0 spiro atoms. The predicted molar refractivity (Wildman–Crippen MR) is 87.3 cm³/mol. The van der Waals surface area contributed by atoms with Crippen LogP contribution in [0, 0.1) is 0 Å². The molecule has 1 heterocycles. The zero-order valence-electron chi connectivity index (χ0n) is 13.2. The third-order valence-electron chi connectivity index (χ3n) is 3.76. The number of unbranched alkanes of at least 4 members (excludes halogenated alkanes) is 1. The maximum atomic E-state index is 11.4. The number of hydrogen-bond donors (Lipinski definition) is 0. The number of likely N-dealkylation sites (tertiary alicyclic amines) is 1. The van der Waals surface area contributed by atoms with Crippen molar-refractivity contribution in [2.75, 3.05) is 32.0 Å². The highest BCUT2D eigenvalue weighted by molar-refractivity contribution is 7.99. The minimum atomic E-state index is -0.0489. The van der Waals surface area contributed by atoms with Crippen LogP contribution < -0.4 is 0 Å². The van der Waals surface area contributed by atoms with Crippen LogP contribution in [0.25, 0.3) is 0 Å². The molecule has 1 unspecified atom stereocenters.